The summed E-state index contributed by atoms with van der Waals surface area (Å²) in [6.45, 7) is 1.71. The SMILES string of the molecule is Cc1nn(-c2cccc(C(F)(F)F)c2)c(=O)c2nc(-c3ccccc3)sc12. The van der Waals surface area contributed by atoms with Crippen LogP contribution in [0.4, 0.5) is 13.2 Å². The predicted octanol–water partition coefficient (Wildman–Crippen LogP) is 4.84. The molecule has 0 aliphatic rings. The normalized spacial score (nSPS) is 11.9. The van der Waals surface area contributed by atoms with Crippen LogP contribution < -0.4 is 5.56 Å². The highest BCUT2D eigenvalue weighted by Gasteiger charge is 2.30. The van der Waals surface area contributed by atoms with Crippen LogP contribution in [0.5, 0.6) is 0 Å². The summed E-state index contributed by atoms with van der Waals surface area (Å²) in [7, 11) is 0. The molecule has 27 heavy (non-hydrogen) atoms. The quantitative estimate of drug-likeness (QED) is 0.495. The number of aromatic nitrogens is 3. The molecule has 0 aliphatic carbocycles. The summed E-state index contributed by atoms with van der Waals surface area (Å²) in [6, 6.07) is 13.9. The molecule has 136 valence electrons. The summed E-state index contributed by atoms with van der Waals surface area (Å²) in [4.78, 5) is 17.3. The van der Waals surface area contributed by atoms with E-state index >= 15 is 0 Å². The van der Waals surface area contributed by atoms with Gasteiger partial charge in [0.25, 0.3) is 5.56 Å². The minimum absolute atomic E-state index is 0.0501. The number of thiazole rings is 1. The van der Waals surface area contributed by atoms with E-state index in [4.69, 9.17) is 0 Å². The molecule has 0 radical (unpaired) electrons. The summed E-state index contributed by atoms with van der Waals surface area (Å²) in [5.41, 5.74) is 0.255. The van der Waals surface area contributed by atoms with Crippen LogP contribution in [0.3, 0.4) is 0 Å². The van der Waals surface area contributed by atoms with Gasteiger partial charge in [0.15, 0.2) is 5.52 Å². The fourth-order valence-corrected chi connectivity index (χ4v) is 3.75. The number of alkyl halides is 3. The van der Waals surface area contributed by atoms with Gasteiger partial charge in [-0.3, -0.25) is 4.79 Å². The molecule has 0 bridgehead atoms. The molecule has 0 spiro atoms. The summed E-state index contributed by atoms with van der Waals surface area (Å²) < 4.78 is 40.6. The Balaban J connectivity index is 1.91. The zero-order chi connectivity index (χ0) is 19.2. The Morgan fingerprint density at radius 2 is 1.78 bits per heavy atom. The van der Waals surface area contributed by atoms with Crippen molar-refractivity contribution in [1.82, 2.24) is 14.8 Å². The van der Waals surface area contributed by atoms with Gasteiger partial charge in [-0.25, -0.2) is 4.98 Å². The molecular formula is C19H12F3N3OS. The lowest BCUT2D eigenvalue weighted by Gasteiger charge is -2.10. The van der Waals surface area contributed by atoms with Crippen LogP contribution in [0.25, 0.3) is 26.5 Å². The molecule has 2 aromatic heterocycles. The Morgan fingerprint density at radius 3 is 2.48 bits per heavy atom. The van der Waals surface area contributed by atoms with Crippen molar-refractivity contribution in [3.63, 3.8) is 0 Å². The number of hydrogen-bond donors (Lipinski definition) is 0. The number of rotatable bonds is 2. The van der Waals surface area contributed by atoms with E-state index in [0.29, 0.717) is 15.4 Å². The number of nitrogens with zero attached hydrogens (tertiary/aromatic N) is 3. The van der Waals surface area contributed by atoms with Crippen molar-refractivity contribution in [2.24, 2.45) is 0 Å². The van der Waals surface area contributed by atoms with Crippen LogP contribution in [0.2, 0.25) is 0 Å². The van der Waals surface area contributed by atoms with E-state index in [-0.39, 0.29) is 11.2 Å². The van der Waals surface area contributed by atoms with E-state index in [2.05, 4.69) is 10.1 Å². The molecule has 2 aromatic carbocycles. The van der Waals surface area contributed by atoms with Crippen LogP contribution in [-0.2, 0) is 6.18 Å². The Morgan fingerprint density at radius 1 is 1.04 bits per heavy atom. The van der Waals surface area contributed by atoms with Gasteiger partial charge in [0.2, 0.25) is 0 Å². The summed E-state index contributed by atoms with van der Waals surface area (Å²) in [6.07, 6.45) is -4.50. The average molecular weight is 387 g/mol. The fourth-order valence-electron chi connectivity index (χ4n) is 2.74. The number of fused-ring (bicyclic) bond motifs is 1. The molecule has 0 saturated heterocycles. The lowest BCUT2D eigenvalue weighted by molar-refractivity contribution is -0.137. The molecule has 0 aliphatic heterocycles. The Labute approximate surface area is 155 Å². The number of halogens is 3. The lowest BCUT2D eigenvalue weighted by atomic mass is 10.2. The number of aryl methyl sites for hydroxylation is 1. The van der Waals surface area contributed by atoms with Crippen molar-refractivity contribution in [1.29, 1.82) is 0 Å². The molecule has 4 nitrogen and oxygen atoms in total. The highest BCUT2D eigenvalue weighted by molar-refractivity contribution is 7.21. The molecule has 2 heterocycles. The molecule has 4 aromatic rings. The zero-order valence-electron chi connectivity index (χ0n) is 14.0. The van der Waals surface area contributed by atoms with Gasteiger partial charge in [-0.2, -0.15) is 23.0 Å². The first-order valence-corrected chi connectivity index (χ1v) is 8.80. The van der Waals surface area contributed by atoms with Crippen molar-refractivity contribution in [2.75, 3.05) is 0 Å². The van der Waals surface area contributed by atoms with E-state index in [1.807, 2.05) is 30.3 Å². The van der Waals surface area contributed by atoms with E-state index in [0.717, 1.165) is 22.4 Å². The van der Waals surface area contributed by atoms with Gasteiger partial charge in [0, 0.05) is 5.56 Å². The first kappa shape index (κ1) is 17.4. The van der Waals surface area contributed by atoms with Crippen molar-refractivity contribution in [3.8, 4) is 16.3 Å². The van der Waals surface area contributed by atoms with E-state index in [1.165, 1.54) is 23.5 Å². The summed E-state index contributed by atoms with van der Waals surface area (Å²) in [5, 5.41) is 4.87. The van der Waals surface area contributed by atoms with Gasteiger partial charge in [0.05, 0.1) is 21.6 Å². The maximum absolute atomic E-state index is 13.0. The largest absolute Gasteiger partial charge is 0.416 e. The standard InChI is InChI=1S/C19H12F3N3OS/c1-11-16-15(23-17(27-16)12-6-3-2-4-7-12)18(26)25(24-11)14-9-5-8-13(10-14)19(20,21)22/h2-10H,1H3. The second-order valence-electron chi connectivity index (χ2n) is 5.91. The maximum Gasteiger partial charge on any atom is 0.416 e. The second kappa shape index (κ2) is 6.31. The van der Waals surface area contributed by atoms with Crippen LogP contribution in [0.15, 0.2) is 59.4 Å². The molecule has 0 unspecified atom stereocenters. The topological polar surface area (TPSA) is 47.8 Å². The predicted molar refractivity (Wildman–Crippen MR) is 98.2 cm³/mol. The van der Waals surface area contributed by atoms with Crippen LogP contribution in [0, 0.1) is 6.92 Å². The van der Waals surface area contributed by atoms with Crippen LogP contribution in [0.1, 0.15) is 11.3 Å². The second-order valence-corrected chi connectivity index (χ2v) is 6.91. The maximum atomic E-state index is 13.0. The zero-order valence-corrected chi connectivity index (χ0v) is 14.8. The fraction of sp³-hybridized carbons (Fsp3) is 0.105. The molecule has 0 amide bonds. The highest BCUT2D eigenvalue weighted by atomic mass is 32.1. The van der Waals surface area contributed by atoms with E-state index < -0.39 is 17.3 Å². The number of benzene rings is 2. The molecule has 0 fully saturated rings. The summed E-state index contributed by atoms with van der Waals surface area (Å²) >= 11 is 1.34. The van der Waals surface area contributed by atoms with E-state index in [9.17, 15) is 18.0 Å². The molecule has 8 heteroatoms. The number of hydrogen-bond acceptors (Lipinski definition) is 4. The first-order chi connectivity index (χ1) is 12.8. The minimum atomic E-state index is -4.50. The lowest BCUT2D eigenvalue weighted by Crippen LogP contribution is -2.22. The van der Waals surface area contributed by atoms with Gasteiger partial charge >= 0.3 is 6.18 Å². The molecule has 0 N–H and O–H groups in total. The van der Waals surface area contributed by atoms with Crippen molar-refractivity contribution >= 4 is 21.6 Å². The third-order valence-electron chi connectivity index (χ3n) is 4.04. The summed E-state index contributed by atoms with van der Waals surface area (Å²) in [5.74, 6) is 0. The third-order valence-corrected chi connectivity index (χ3v) is 5.25. The monoisotopic (exact) mass is 387 g/mol. The Bertz CT molecular complexity index is 1200. The van der Waals surface area contributed by atoms with E-state index in [1.54, 1.807) is 6.92 Å². The average Bonchev–Trinajstić information content (AvgIpc) is 3.11. The highest BCUT2D eigenvalue weighted by Crippen LogP contribution is 2.31. The smallest absolute Gasteiger partial charge is 0.265 e. The van der Waals surface area contributed by atoms with Crippen molar-refractivity contribution in [3.05, 3.63) is 76.2 Å². The van der Waals surface area contributed by atoms with Crippen LogP contribution in [-0.4, -0.2) is 14.8 Å². The molecule has 0 atom stereocenters. The molecular weight excluding hydrogens is 375 g/mol. The van der Waals surface area contributed by atoms with Gasteiger partial charge in [0.1, 0.15) is 5.01 Å². The first-order valence-electron chi connectivity index (χ1n) is 7.98. The van der Waals surface area contributed by atoms with Gasteiger partial charge in [-0.15, -0.1) is 11.3 Å². The molecule has 4 rings (SSSR count). The third kappa shape index (κ3) is 3.12. The van der Waals surface area contributed by atoms with Gasteiger partial charge in [-0.05, 0) is 25.1 Å². The van der Waals surface area contributed by atoms with Crippen molar-refractivity contribution < 1.29 is 13.2 Å². The van der Waals surface area contributed by atoms with Gasteiger partial charge in [-0.1, -0.05) is 36.4 Å². The molecule has 0 saturated carbocycles. The minimum Gasteiger partial charge on any atom is -0.265 e. The van der Waals surface area contributed by atoms with Crippen LogP contribution >= 0.6 is 11.3 Å². The van der Waals surface area contributed by atoms with Crippen molar-refractivity contribution in [2.45, 2.75) is 13.1 Å². The van der Waals surface area contributed by atoms with Gasteiger partial charge < -0.3 is 0 Å². The Kier molecular flexibility index (Phi) is 4.07. The Hall–Kier alpha value is -3.00.